The molecule has 1 aliphatic carbocycles. The molecule has 0 bridgehead atoms. The summed E-state index contributed by atoms with van der Waals surface area (Å²) in [6.07, 6.45) is -4.56. The van der Waals surface area contributed by atoms with E-state index in [-0.39, 0.29) is 24.0 Å². The largest absolute Gasteiger partial charge is 0.444 e. The summed E-state index contributed by atoms with van der Waals surface area (Å²) in [4.78, 5) is 13.3. The molecule has 4 nitrogen and oxygen atoms in total. The van der Waals surface area contributed by atoms with E-state index < -0.39 is 18.3 Å². The van der Waals surface area contributed by atoms with Gasteiger partial charge in [-0.05, 0) is 32.6 Å². The van der Waals surface area contributed by atoms with Gasteiger partial charge in [0.05, 0.1) is 6.54 Å². The zero-order valence-electron chi connectivity index (χ0n) is 11.3. The summed E-state index contributed by atoms with van der Waals surface area (Å²) in [6.45, 7) is 5.36. The number of carbonyl (C=O) groups is 1. The quantitative estimate of drug-likeness (QED) is 0.841. The molecule has 0 aromatic carbocycles. The van der Waals surface area contributed by atoms with Gasteiger partial charge in [-0.2, -0.15) is 13.2 Å². The molecule has 2 aliphatic rings. The van der Waals surface area contributed by atoms with Gasteiger partial charge in [0.25, 0.3) is 0 Å². The fourth-order valence-corrected chi connectivity index (χ4v) is 2.54. The molecule has 1 heterocycles. The van der Waals surface area contributed by atoms with Crippen molar-refractivity contribution >= 4 is 6.09 Å². The van der Waals surface area contributed by atoms with Gasteiger partial charge in [0.15, 0.2) is 0 Å². The molecular formula is C12H19F3N2O2. The summed E-state index contributed by atoms with van der Waals surface area (Å²) in [6, 6.07) is -0.111. The van der Waals surface area contributed by atoms with Crippen molar-refractivity contribution in [2.45, 2.75) is 38.6 Å². The fourth-order valence-electron chi connectivity index (χ4n) is 2.54. The number of nitrogens with zero attached hydrogens (tertiary/aromatic N) is 1. The molecule has 1 aliphatic heterocycles. The Morgan fingerprint density at radius 1 is 1.26 bits per heavy atom. The van der Waals surface area contributed by atoms with Gasteiger partial charge in [-0.1, -0.05) is 0 Å². The predicted octanol–water partition coefficient (Wildman–Crippen LogP) is 2.00. The highest BCUT2D eigenvalue weighted by atomic mass is 19.4. The first-order chi connectivity index (χ1) is 8.57. The molecule has 0 spiro atoms. The van der Waals surface area contributed by atoms with Gasteiger partial charge in [0.2, 0.25) is 0 Å². The molecule has 1 saturated carbocycles. The standard InChI is InChI=1S/C12H19F3N2O2/c1-11(2,3)19-10(18)17-4-7-8(5-17)9(7)16-6-12(13,14)15/h7-9,16H,4-6H2,1-3H3/t7-,8+,9?. The van der Waals surface area contributed by atoms with Crippen molar-refractivity contribution in [3.63, 3.8) is 0 Å². The molecule has 1 unspecified atom stereocenters. The van der Waals surface area contributed by atoms with Crippen LogP contribution in [-0.2, 0) is 4.74 Å². The Bertz CT molecular complexity index is 353. The maximum atomic E-state index is 12.1. The molecule has 1 N–H and O–H groups in total. The van der Waals surface area contributed by atoms with E-state index in [0.717, 1.165) is 0 Å². The number of amides is 1. The molecule has 0 aromatic heterocycles. The van der Waals surface area contributed by atoms with Crippen LogP contribution in [0.3, 0.4) is 0 Å². The second-order valence-corrected chi connectivity index (χ2v) is 6.23. The van der Waals surface area contributed by atoms with Crippen molar-refractivity contribution < 1.29 is 22.7 Å². The Balaban J connectivity index is 1.73. The molecule has 19 heavy (non-hydrogen) atoms. The summed E-state index contributed by atoms with van der Waals surface area (Å²) in [5.41, 5.74) is -0.544. The summed E-state index contributed by atoms with van der Waals surface area (Å²) in [7, 11) is 0. The number of halogens is 3. The van der Waals surface area contributed by atoms with Crippen LogP contribution in [0, 0.1) is 11.8 Å². The number of rotatable bonds is 2. The molecule has 2 rings (SSSR count). The minimum Gasteiger partial charge on any atom is -0.444 e. The Labute approximate surface area is 110 Å². The first-order valence-electron chi connectivity index (χ1n) is 6.35. The second-order valence-electron chi connectivity index (χ2n) is 6.23. The normalized spacial score (nSPS) is 30.2. The van der Waals surface area contributed by atoms with Gasteiger partial charge in [0.1, 0.15) is 5.60 Å². The highest BCUT2D eigenvalue weighted by Crippen LogP contribution is 2.46. The Morgan fingerprint density at radius 2 is 1.79 bits per heavy atom. The maximum absolute atomic E-state index is 12.1. The van der Waals surface area contributed by atoms with Crippen molar-refractivity contribution in [2.24, 2.45) is 11.8 Å². The number of likely N-dealkylation sites (tertiary alicyclic amines) is 1. The van der Waals surface area contributed by atoms with E-state index >= 15 is 0 Å². The molecule has 0 aromatic rings. The Morgan fingerprint density at radius 3 is 2.21 bits per heavy atom. The van der Waals surface area contributed by atoms with Gasteiger partial charge in [-0.25, -0.2) is 4.79 Å². The molecule has 0 radical (unpaired) electrons. The third-order valence-electron chi connectivity index (χ3n) is 3.38. The van der Waals surface area contributed by atoms with Crippen LogP contribution in [0.4, 0.5) is 18.0 Å². The summed E-state index contributed by atoms with van der Waals surface area (Å²) in [5, 5.41) is 2.50. The van der Waals surface area contributed by atoms with Crippen molar-refractivity contribution in [1.82, 2.24) is 10.2 Å². The van der Waals surface area contributed by atoms with Crippen molar-refractivity contribution in [3.05, 3.63) is 0 Å². The number of carbonyl (C=O) groups excluding carboxylic acids is 1. The first-order valence-corrected chi connectivity index (χ1v) is 6.35. The van der Waals surface area contributed by atoms with Crippen molar-refractivity contribution in [2.75, 3.05) is 19.6 Å². The van der Waals surface area contributed by atoms with E-state index in [0.29, 0.717) is 13.1 Å². The van der Waals surface area contributed by atoms with E-state index in [1.54, 1.807) is 25.7 Å². The summed E-state index contributed by atoms with van der Waals surface area (Å²) < 4.78 is 41.4. The van der Waals surface area contributed by atoms with E-state index in [9.17, 15) is 18.0 Å². The van der Waals surface area contributed by atoms with E-state index in [4.69, 9.17) is 4.74 Å². The van der Waals surface area contributed by atoms with Crippen LogP contribution in [0.25, 0.3) is 0 Å². The maximum Gasteiger partial charge on any atom is 0.410 e. The molecule has 7 heteroatoms. The minimum absolute atomic E-state index is 0.111. The monoisotopic (exact) mass is 280 g/mol. The summed E-state index contributed by atoms with van der Waals surface area (Å²) in [5.74, 6) is 0.268. The van der Waals surface area contributed by atoms with Crippen LogP contribution in [0.2, 0.25) is 0 Å². The zero-order valence-corrected chi connectivity index (χ0v) is 11.3. The van der Waals surface area contributed by atoms with Crippen molar-refractivity contribution in [3.8, 4) is 0 Å². The highest BCUT2D eigenvalue weighted by molar-refractivity contribution is 5.69. The Kier molecular flexibility index (Phi) is 3.45. The van der Waals surface area contributed by atoms with E-state index in [2.05, 4.69) is 5.32 Å². The number of piperidine rings is 1. The van der Waals surface area contributed by atoms with Gasteiger partial charge < -0.3 is 15.0 Å². The van der Waals surface area contributed by atoms with Crippen LogP contribution in [0.15, 0.2) is 0 Å². The minimum atomic E-state index is -4.18. The second kappa shape index (κ2) is 4.54. The average Bonchev–Trinajstić information content (AvgIpc) is 2.65. The molecule has 2 fully saturated rings. The van der Waals surface area contributed by atoms with Crippen LogP contribution in [0.1, 0.15) is 20.8 Å². The number of fused-ring (bicyclic) bond motifs is 1. The third-order valence-corrected chi connectivity index (χ3v) is 3.38. The average molecular weight is 280 g/mol. The topological polar surface area (TPSA) is 41.6 Å². The third kappa shape index (κ3) is 3.75. The van der Waals surface area contributed by atoms with E-state index in [1.165, 1.54) is 0 Å². The lowest BCUT2D eigenvalue weighted by Gasteiger charge is -2.26. The molecule has 1 saturated heterocycles. The number of ether oxygens (including phenoxy) is 1. The Hall–Kier alpha value is -0.980. The lowest BCUT2D eigenvalue weighted by molar-refractivity contribution is -0.125. The molecule has 3 atom stereocenters. The number of nitrogens with one attached hydrogen (secondary N) is 1. The van der Waals surface area contributed by atoms with Gasteiger partial charge in [-0.3, -0.25) is 0 Å². The fraction of sp³-hybridized carbons (Fsp3) is 0.917. The van der Waals surface area contributed by atoms with Crippen molar-refractivity contribution in [1.29, 1.82) is 0 Å². The highest BCUT2D eigenvalue weighted by Gasteiger charge is 2.57. The lowest BCUT2D eigenvalue weighted by atomic mass is 10.2. The van der Waals surface area contributed by atoms with Crippen LogP contribution >= 0.6 is 0 Å². The van der Waals surface area contributed by atoms with Crippen LogP contribution in [0.5, 0.6) is 0 Å². The van der Waals surface area contributed by atoms with Crippen LogP contribution in [-0.4, -0.2) is 48.4 Å². The number of alkyl halides is 3. The lowest BCUT2D eigenvalue weighted by Crippen LogP contribution is -2.40. The van der Waals surface area contributed by atoms with Gasteiger partial charge in [-0.15, -0.1) is 0 Å². The number of hydrogen-bond donors (Lipinski definition) is 1. The molecule has 110 valence electrons. The SMILES string of the molecule is CC(C)(C)OC(=O)N1C[C@@H]2C(NCC(F)(F)F)[C@@H]2C1. The summed E-state index contributed by atoms with van der Waals surface area (Å²) >= 11 is 0. The molecule has 1 amide bonds. The smallest absolute Gasteiger partial charge is 0.410 e. The van der Waals surface area contributed by atoms with Gasteiger partial charge in [0, 0.05) is 19.1 Å². The van der Waals surface area contributed by atoms with E-state index in [1.807, 2.05) is 0 Å². The first kappa shape index (κ1) is 14.4. The van der Waals surface area contributed by atoms with Crippen LogP contribution < -0.4 is 5.32 Å². The number of hydrogen-bond acceptors (Lipinski definition) is 3. The predicted molar refractivity (Wildman–Crippen MR) is 62.6 cm³/mol. The zero-order chi connectivity index (χ0) is 14.4. The molecular weight excluding hydrogens is 261 g/mol. The van der Waals surface area contributed by atoms with Gasteiger partial charge >= 0.3 is 12.3 Å².